The molecule has 2 aromatic heterocycles. The molecule has 0 bridgehead atoms. The lowest BCUT2D eigenvalue weighted by Crippen LogP contribution is -2.36. The second kappa shape index (κ2) is 7.83. The molecular formula is C22H26N4. The van der Waals surface area contributed by atoms with Crippen LogP contribution in [0.2, 0.25) is 0 Å². The van der Waals surface area contributed by atoms with Crippen molar-refractivity contribution in [3.8, 4) is 11.4 Å². The van der Waals surface area contributed by atoms with Crippen LogP contribution in [-0.4, -0.2) is 32.5 Å². The fourth-order valence-corrected chi connectivity index (χ4v) is 3.96. The first kappa shape index (κ1) is 17.0. The molecule has 134 valence electrons. The minimum Gasteiger partial charge on any atom is -0.328 e. The molecule has 1 atom stereocenters. The summed E-state index contributed by atoms with van der Waals surface area (Å²) >= 11 is 0. The van der Waals surface area contributed by atoms with Crippen LogP contribution in [0, 0.1) is 12.8 Å². The molecule has 1 saturated heterocycles. The topological polar surface area (TPSA) is 34.0 Å². The molecule has 0 amide bonds. The van der Waals surface area contributed by atoms with E-state index in [2.05, 4.69) is 62.8 Å². The average Bonchev–Trinajstić information content (AvgIpc) is 3.04. The number of benzene rings is 1. The van der Waals surface area contributed by atoms with Crippen LogP contribution in [0.1, 0.15) is 24.1 Å². The Morgan fingerprint density at radius 3 is 2.77 bits per heavy atom. The monoisotopic (exact) mass is 346 g/mol. The van der Waals surface area contributed by atoms with Gasteiger partial charge in [-0.15, -0.1) is 0 Å². The Labute approximate surface area is 155 Å². The molecule has 1 unspecified atom stereocenters. The summed E-state index contributed by atoms with van der Waals surface area (Å²) in [5, 5.41) is 0. The smallest absolute Gasteiger partial charge is 0.141 e. The molecule has 3 aromatic rings. The fourth-order valence-electron chi connectivity index (χ4n) is 3.96. The Morgan fingerprint density at radius 2 is 1.96 bits per heavy atom. The zero-order valence-corrected chi connectivity index (χ0v) is 15.4. The number of piperidine rings is 1. The highest BCUT2D eigenvalue weighted by Gasteiger charge is 2.22. The summed E-state index contributed by atoms with van der Waals surface area (Å²) < 4.78 is 2.37. The van der Waals surface area contributed by atoms with E-state index in [1.54, 1.807) is 0 Å². The van der Waals surface area contributed by atoms with Crippen LogP contribution in [0.4, 0.5) is 0 Å². The van der Waals surface area contributed by atoms with Crippen LogP contribution in [0.3, 0.4) is 0 Å². The standard InChI is InChI=1S/C22H26N4/c1-18-13-24-22(21-10-5-11-23-14-21)26(18)17-20-9-6-12-25(16-20)15-19-7-3-2-4-8-19/h2-5,7-8,10-11,13-14,20H,6,9,12,15-17H2,1H3. The Bertz CT molecular complexity index is 826. The van der Waals surface area contributed by atoms with E-state index in [1.165, 1.54) is 30.6 Å². The fraction of sp³-hybridized carbons (Fsp3) is 0.364. The molecule has 4 rings (SSSR count). The van der Waals surface area contributed by atoms with Gasteiger partial charge in [-0.1, -0.05) is 30.3 Å². The second-order valence-electron chi connectivity index (χ2n) is 7.30. The van der Waals surface area contributed by atoms with E-state index < -0.39 is 0 Å². The molecule has 4 heteroatoms. The number of hydrogen-bond acceptors (Lipinski definition) is 3. The molecule has 0 radical (unpaired) electrons. The molecule has 0 N–H and O–H groups in total. The molecule has 3 heterocycles. The third-order valence-electron chi connectivity index (χ3n) is 5.27. The summed E-state index contributed by atoms with van der Waals surface area (Å²) in [5.74, 6) is 1.70. The minimum atomic E-state index is 0.663. The van der Waals surface area contributed by atoms with Gasteiger partial charge in [0.15, 0.2) is 0 Å². The third kappa shape index (κ3) is 3.86. The predicted octanol–water partition coefficient (Wildman–Crippen LogP) is 4.17. The normalized spacial score (nSPS) is 18.1. The molecule has 0 spiro atoms. The van der Waals surface area contributed by atoms with Crippen LogP contribution in [0.15, 0.2) is 61.1 Å². The summed E-state index contributed by atoms with van der Waals surface area (Å²) in [5.41, 5.74) is 3.73. The summed E-state index contributed by atoms with van der Waals surface area (Å²) in [6.07, 6.45) is 8.25. The Hall–Kier alpha value is -2.46. The number of aryl methyl sites for hydroxylation is 1. The van der Waals surface area contributed by atoms with Gasteiger partial charge in [0.1, 0.15) is 5.82 Å². The first-order valence-electron chi connectivity index (χ1n) is 9.48. The molecule has 4 nitrogen and oxygen atoms in total. The molecule has 26 heavy (non-hydrogen) atoms. The summed E-state index contributed by atoms with van der Waals surface area (Å²) in [4.78, 5) is 11.5. The lowest BCUT2D eigenvalue weighted by atomic mass is 9.97. The Morgan fingerprint density at radius 1 is 1.08 bits per heavy atom. The highest BCUT2D eigenvalue weighted by molar-refractivity contribution is 5.54. The number of likely N-dealkylation sites (tertiary alicyclic amines) is 1. The van der Waals surface area contributed by atoms with Gasteiger partial charge in [0, 0.05) is 49.5 Å². The van der Waals surface area contributed by atoms with Gasteiger partial charge in [-0.3, -0.25) is 9.88 Å². The van der Waals surface area contributed by atoms with E-state index in [9.17, 15) is 0 Å². The van der Waals surface area contributed by atoms with Crippen molar-refractivity contribution < 1.29 is 0 Å². The van der Waals surface area contributed by atoms with Gasteiger partial charge in [-0.2, -0.15) is 0 Å². The van der Waals surface area contributed by atoms with E-state index in [4.69, 9.17) is 0 Å². The predicted molar refractivity (Wildman–Crippen MR) is 105 cm³/mol. The lowest BCUT2D eigenvalue weighted by Gasteiger charge is -2.33. The van der Waals surface area contributed by atoms with Crippen LogP contribution >= 0.6 is 0 Å². The number of aromatic nitrogens is 3. The maximum Gasteiger partial charge on any atom is 0.141 e. The lowest BCUT2D eigenvalue weighted by molar-refractivity contribution is 0.156. The molecule has 1 fully saturated rings. The van der Waals surface area contributed by atoms with Crippen molar-refractivity contribution in [2.75, 3.05) is 13.1 Å². The van der Waals surface area contributed by atoms with Gasteiger partial charge in [-0.05, 0) is 49.9 Å². The van der Waals surface area contributed by atoms with Crippen molar-refractivity contribution in [1.29, 1.82) is 0 Å². The quantitative estimate of drug-likeness (QED) is 0.695. The number of imidazole rings is 1. The average molecular weight is 346 g/mol. The van der Waals surface area contributed by atoms with Crippen molar-refractivity contribution >= 4 is 0 Å². The van der Waals surface area contributed by atoms with Crippen molar-refractivity contribution in [1.82, 2.24) is 19.4 Å². The number of nitrogens with zero attached hydrogens (tertiary/aromatic N) is 4. The third-order valence-corrected chi connectivity index (χ3v) is 5.27. The number of rotatable bonds is 5. The van der Waals surface area contributed by atoms with Crippen LogP contribution < -0.4 is 0 Å². The number of pyridine rings is 1. The largest absolute Gasteiger partial charge is 0.328 e. The molecule has 1 aliphatic rings. The number of hydrogen-bond donors (Lipinski definition) is 0. The molecule has 0 aliphatic carbocycles. The van der Waals surface area contributed by atoms with Crippen LogP contribution in [0.25, 0.3) is 11.4 Å². The van der Waals surface area contributed by atoms with Gasteiger partial charge >= 0.3 is 0 Å². The van der Waals surface area contributed by atoms with E-state index in [0.29, 0.717) is 5.92 Å². The van der Waals surface area contributed by atoms with Crippen molar-refractivity contribution in [2.24, 2.45) is 5.92 Å². The van der Waals surface area contributed by atoms with Gasteiger partial charge in [0.2, 0.25) is 0 Å². The zero-order chi connectivity index (χ0) is 17.8. The van der Waals surface area contributed by atoms with Crippen LogP contribution in [-0.2, 0) is 13.1 Å². The molecular weight excluding hydrogens is 320 g/mol. The highest BCUT2D eigenvalue weighted by atomic mass is 15.1. The first-order valence-corrected chi connectivity index (χ1v) is 9.48. The summed E-state index contributed by atoms with van der Waals surface area (Å²) in [6, 6.07) is 14.9. The van der Waals surface area contributed by atoms with E-state index in [1.807, 2.05) is 24.7 Å². The molecule has 0 saturated carbocycles. The zero-order valence-electron chi connectivity index (χ0n) is 15.4. The molecule has 1 aliphatic heterocycles. The van der Waals surface area contributed by atoms with Crippen LogP contribution in [0.5, 0.6) is 0 Å². The Balaban J connectivity index is 1.47. The maximum atomic E-state index is 4.65. The Kier molecular flexibility index (Phi) is 5.12. The first-order chi connectivity index (χ1) is 12.8. The van der Waals surface area contributed by atoms with Crippen molar-refractivity contribution in [3.05, 3.63) is 72.3 Å². The summed E-state index contributed by atoms with van der Waals surface area (Å²) in [6.45, 7) is 6.58. The highest BCUT2D eigenvalue weighted by Crippen LogP contribution is 2.24. The van der Waals surface area contributed by atoms with E-state index in [-0.39, 0.29) is 0 Å². The van der Waals surface area contributed by atoms with Gasteiger partial charge in [0.05, 0.1) is 0 Å². The SMILES string of the molecule is Cc1cnc(-c2cccnc2)n1CC1CCCN(Cc2ccccc2)C1. The molecule has 1 aromatic carbocycles. The maximum absolute atomic E-state index is 4.65. The van der Waals surface area contributed by atoms with E-state index in [0.717, 1.165) is 31.0 Å². The van der Waals surface area contributed by atoms with Gasteiger partial charge in [-0.25, -0.2) is 4.98 Å². The minimum absolute atomic E-state index is 0.663. The van der Waals surface area contributed by atoms with Crippen molar-refractivity contribution in [3.63, 3.8) is 0 Å². The van der Waals surface area contributed by atoms with Gasteiger partial charge in [0.25, 0.3) is 0 Å². The second-order valence-corrected chi connectivity index (χ2v) is 7.30. The van der Waals surface area contributed by atoms with E-state index >= 15 is 0 Å². The summed E-state index contributed by atoms with van der Waals surface area (Å²) in [7, 11) is 0. The van der Waals surface area contributed by atoms with Gasteiger partial charge < -0.3 is 4.57 Å². The van der Waals surface area contributed by atoms with Crippen molar-refractivity contribution in [2.45, 2.75) is 32.9 Å².